The molecule has 4 rings (SSSR count). The molecule has 0 radical (unpaired) electrons. The van der Waals surface area contributed by atoms with Crippen LogP contribution < -0.4 is 14.8 Å². The molecule has 0 saturated carbocycles. The second kappa shape index (κ2) is 6.80. The molecule has 3 heterocycles. The quantitative estimate of drug-likeness (QED) is 0.771. The Kier molecular flexibility index (Phi) is 4.20. The number of anilines is 1. The second-order valence-corrected chi connectivity index (χ2v) is 5.88. The number of hydrogen-bond acceptors (Lipinski definition) is 6. The van der Waals surface area contributed by atoms with E-state index in [0.29, 0.717) is 6.61 Å². The zero-order valence-corrected chi connectivity index (χ0v) is 13.9. The van der Waals surface area contributed by atoms with E-state index in [4.69, 9.17) is 9.47 Å². The third-order valence-electron chi connectivity index (χ3n) is 4.05. The van der Waals surface area contributed by atoms with E-state index in [1.54, 1.807) is 6.20 Å². The summed E-state index contributed by atoms with van der Waals surface area (Å²) in [4.78, 5) is 4.27. The van der Waals surface area contributed by atoms with Gasteiger partial charge in [-0.1, -0.05) is 12.1 Å². The molecule has 7 heteroatoms. The molecule has 0 bridgehead atoms. The molecule has 1 N–H and O–H groups in total. The Labute approximate surface area is 145 Å². The van der Waals surface area contributed by atoms with E-state index in [-0.39, 0.29) is 6.10 Å². The zero-order valence-electron chi connectivity index (χ0n) is 13.9. The molecule has 0 unspecified atom stereocenters. The van der Waals surface area contributed by atoms with Gasteiger partial charge in [0.15, 0.2) is 17.3 Å². The summed E-state index contributed by atoms with van der Waals surface area (Å²) in [7, 11) is 1.93. The molecule has 1 atom stereocenters. The standard InChI is InChI=1S/C18H19N5O2/c1-23-11-10-20-18(23)14-6-7-17(22-21-14)19-9-8-13-12-24-15-4-2-3-5-16(15)25-13/h2-7,10-11,13H,8-9,12H2,1H3,(H,19,22)/t13-/m0/s1. The summed E-state index contributed by atoms with van der Waals surface area (Å²) < 4.78 is 13.6. The SMILES string of the molecule is Cn1ccnc1-c1ccc(NCC[C@H]2COc3ccccc3O2)nn1. The molecule has 128 valence electrons. The number of nitrogens with zero attached hydrogens (tertiary/aromatic N) is 4. The average Bonchev–Trinajstić information content (AvgIpc) is 3.08. The Balaban J connectivity index is 1.30. The molecule has 2 aromatic heterocycles. The van der Waals surface area contributed by atoms with Crippen LogP contribution in [-0.4, -0.2) is 39.0 Å². The third kappa shape index (κ3) is 3.40. The molecule has 0 aliphatic carbocycles. The Hall–Kier alpha value is -3.09. The number of aryl methyl sites for hydroxylation is 1. The molecular formula is C18H19N5O2. The van der Waals surface area contributed by atoms with Crippen LogP contribution in [0.25, 0.3) is 11.5 Å². The van der Waals surface area contributed by atoms with Gasteiger partial charge in [-0.3, -0.25) is 0 Å². The van der Waals surface area contributed by atoms with Gasteiger partial charge in [0.05, 0.1) is 0 Å². The van der Waals surface area contributed by atoms with Crippen LogP contribution in [0, 0.1) is 0 Å². The average molecular weight is 337 g/mol. The van der Waals surface area contributed by atoms with Crippen LogP contribution >= 0.6 is 0 Å². The van der Waals surface area contributed by atoms with Crippen molar-refractivity contribution < 1.29 is 9.47 Å². The minimum atomic E-state index is 0.0298. The lowest BCUT2D eigenvalue weighted by molar-refractivity contribution is 0.0873. The van der Waals surface area contributed by atoms with Crippen molar-refractivity contribution in [1.29, 1.82) is 0 Å². The van der Waals surface area contributed by atoms with Crippen LogP contribution in [0.15, 0.2) is 48.8 Å². The van der Waals surface area contributed by atoms with Crippen molar-refractivity contribution in [3.8, 4) is 23.0 Å². The minimum Gasteiger partial charge on any atom is -0.486 e. The van der Waals surface area contributed by atoms with E-state index in [0.717, 1.165) is 41.8 Å². The molecule has 1 aliphatic heterocycles. The molecule has 3 aromatic rings. The van der Waals surface area contributed by atoms with Gasteiger partial charge in [-0.05, 0) is 24.3 Å². The normalized spacial score (nSPS) is 15.8. The first-order valence-corrected chi connectivity index (χ1v) is 8.23. The largest absolute Gasteiger partial charge is 0.486 e. The van der Waals surface area contributed by atoms with E-state index in [1.807, 2.05) is 54.2 Å². The summed E-state index contributed by atoms with van der Waals surface area (Å²) in [5.74, 6) is 3.14. The topological polar surface area (TPSA) is 74.1 Å². The Bertz CT molecular complexity index is 847. The maximum Gasteiger partial charge on any atom is 0.161 e. The van der Waals surface area contributed by atoms with Crippen LogP contribution in [0.4, 0.5) is 5.82 Å². The van der Waals surface area contributed by atoms with Gasteiger partial charge in [0.1, 0.15) is 24.2 Å². The first-order valence-electron chi connectivity index (χ1n) is 8.23. The smallest absolute Gasteiger partial charge is 0.161 e. The Morgan fingerprint density at radius 2 is 2.04 bits per heavy atom. The molecule has 0 fully saturated rings. The van der Waals surface area contributed by atoms with Gasteiger partial charge in [0.25, 0.3) is 0 Å². The maximum atomic E-state index is 5.94. The van der Waals surface area contributed by atoms with Crippen LogP contribution in [0.5, 0.6) is 11.5 Å². The van der Waals surface area contributed by atoms with Crippen LogP contribution in [0.3, 0.4) is 0 Å². The fourth-order valence-electron chi connectivity index (χ4n) is 2.72. The van der Waals surface area contributed by atoms with Crippen molar-refractivity contribution in [2.75, 3.05) is 18.5 Å². The summed E-state index contributed by atoms with van der Waals surface area (Å²) in [6.07, 6.45) is 4.47. The van der Waals surface area contributed by atoms with Gasteiger partial charge < -0.3 is 19.4 Å². The summed E-state index contributed by atoms with van der Waals surface area (Å²) in [6, 6.07) is 11.6. The first kappa shape index (κ1) is 15.4. The number of ether oxygens (including phenoxy) is 2. The number of rotatable bonds is 5. The van der Waals surface area contributed by atoms with Gasteiger partial charge in [0, 0.05) is 32.4 Å². The molecule has 0 saturated heterocycles. The van der Waals surface area contributed by atoms with Gasteiger partial charge in [-0.15, -0.1) is 10.2 Å². The van der Waals surface area contributed by atoms with Gasteiger partial charge in [-0.25, -0.2) is 4.98 Å². The fraction of sp³-hybridized carbons (Fsp3) is 0.278. The van der Waals surface area contributed by atoms with Gasteiger partial charge in [0.2, 0.25) is 0 Å². The number of fused-ring (bicyclic) bond motifs is 1. The lowest BCUT2D eigenvalue weighted by Crippen LogP contribution is -2.31. The first-order chi connectivity index (χ1) is 12.3. The van der Waals surface area contributed by atoms with Crippen molar-refractivity contribution in [1.82, 2.24) is 19.7 Å². The highest BCUT2D eigenvalue weighted by Crippen LogP contribution is 2.31. The molecule has 1 aromatic carbocycles. The van der Waals surface area contributed by atoms with Crippen LogP contribution in [0.2, 0.25) is 0 Å². The molecular weight excluding hydrogens is 318 g/mol. The lowest BCUT2D eigenvalue weighted by Gasteiger charge is -2.26. The van der Waals surface area contributed by atoms with Crippen LogP contribution in [-0.2, 0) is 7.05 Å². The van der Waals surface area contributed by atoms with Crippen molar-refractivity contribution in [3.05, 3.63) is 48.8 Å². The predicted molar refractivity (Wildman–Crippen MR) is 93.7 cm³/mol. The molecule has 0 amide bonds. The molecule has 25 heavy (non-hydrogen) atoms. The summed E-state index contributed by atoms with van der Waals surface area (Å²) in [5, 5.41) is 11.7. The van der Waals surface area contributed by atoms with E-state index in [2.05, 4.69) is 20.5 Å². The van der Waals surface area contributed by atoms with E-state index in [1.165, 1.54) is 0 Å². The Morgan fingerprint density at radius 1 is 1.16 bits per heavy atom. The molecule has 7 nitrogen and oxygen atoms in total. The highest BCUT2D eigenvalue weighted by molar-refractivity contribution is 5.51. The second-order valence-electron chi connectivity index (χ2n) is 5.88. The maximum absolute atomic E-state index is 5.94. The number of para-hydroxylation sites is 2. The zero-order chi connectivity index (χ0) is 17.1. The van der Waals surface area contributed by atoms with E-state index < -0.39 is 0 Å². The summed E-state index contributed by atoms with van der Waals surface area (Å²) in [5.41, 5.74) is 0.749. The number of nitrogens with one attached hydrogen (secondary N) is 1. The molecule has 1 aliphatic rings. The number of imidazole rings is 1. The number of aromatic nitrogens is 4. The van der Waals surface area contributed by atoms with Gasteiger partial charge >= 0.3 is 0 Å². The summed E-state index contributed by atoms with van der Waals surface area (Å²) in [6.45, 7) is 1.29. The van der Waals surface area contributed by atoms with Gasteiger partial charge in [-0.2, -0.15) is 0 Å². The predicted octanol–water partition coefficient (Wildman–Crippen LogP) is 2.52. The third-order valence-corrected chi connectivity index (χ3v) is 4.05. The van der Waals surface area contributed by atoms with E-state index in [9.17, 15) is 0 Å². The van der Waals surface area contributed by atoms with Crippen LogP contribution in [0.1, 0.15) is 6.42 Å². The Morgan fingerprint density at radius 3 is 2.80 bits per heavy atom. The summed E-state index contributed by atoms with van der Waals surface area (Å²) >= 11 is 0. The lowest BCUT2D eigenvalue weighted by atomic mass is 10.2. The van der Waals surface area contributed by atoms with Crippen molar-refractivity contribution >= 4 is 5.82 Å². The van der Waals surface area contributed by atoms with Crippen molar-refractivity contribution in [3.63, 3.8) is 0 Å². The van der Waals surface area contributed by atoms with Crippen molar-refractivity contribution in [2.45, 2.75) is 12.5 Å². The van der Waals surface area contributed by atoms with E-state index >= 15 is 0 Å². The minimum absolute atomic E-state index is 0.0298. The molecule has 0 spiro atoms. The monoisotopic (exact) mass is 337 g/mol. The fourth-order valence-corrected chi connectivity index (χ4v) is 2.72. The van der Waals surface area contributed by atoms with Crippen molar-refractivity contribution in [2.24, 2.45) is 7.05 Å². The highest BCUT2D eigenvalue weighted by Gasteiger charge is 2.20. The number of benzene rings is 1. The number of hydrogen-bond donors (Lipinski definition) is 1. The highest BCUT2D eigenvalue weighted by atomic mass is 16.6.